The van der Waals surface area contributed by atoms with Crippen molar-refractivity contribution in [1.29, 1.82) is 0 Å². The molecule has 2 aliphatic rings. The van der Waals surface area contributed by atoms with Crippen LogP contribution in [0.25, 0.3) is 0 Å². The van der Waals surface area contributed by atoms with E-state index in [1.165, 1.54) is 0 Å². The first-order chi connectivity index (χ1) is 10.3. The minimum absolute atomic E-state index is 0.00640. The van der Waals surface area contributed by atoms with E-state index >= 15 is 0 Å². The Hall–Kier alpha value is -0.623. The Morgan fingerprint density at radius 1 is 1.22 bits per heavy atom. The number of carbonyl (C=O) groups excluding carboxylic acids is 1. The Morgan fingerprint density at radius 2 is 1.83 bits per heavy atom. The number of rotatable bonds is 2. The van der Waals surface area contributed by atoms with Gasteiger partial charge in [0.2, 0.25) is 0 Å². The second-order valence-electron chi connectivity index (χ2n) is 8.33. The average Bonchev–Trinajstić information content (AvgIpc) is 2.35. The molecule has 0 spiro atoms. The summed E-state index contributed by atoms with van der Waals surface area (Å²) in [6, 6.07) is 0. The number of ketones is 1. The van der Waals surface area contributed by atoms with Gasteiger partial charge in [0.05, 0.1) is 6.10 Å². The van der Waals surface area contributed by atoms with E-state index in [4.69, 9.17) is 4.43 Å². The van der Waals surface area contributed by atoms with Crippen molar-refractivity contribution in [2.24, 2.45) is 5.41 Å². The Morgan fingerprint density at radius 3 is 2.35 bits per heavy atom. The second kappa shape index (κ2) is 5.72. The molecule has 0 saturated heterocycles. The van der Waals surface area contributed by atoms with E-state index in [0.717, 1.165) is 0 Å². The molecule has 6 heteroatoms. The van der Waals surface area contributed by atoms with Crippen LogP contribution in [0, 0.1) is 5.41 Å². The molecular weight excluding hydrogens is 321 g/mol. The van der Waals surface area contributed by atoms with Crippen LogP contribution in [0.5, 0.6) is 0 Å². The lowest BCUT2D eigenvalue weighted by atomic mass is 9.63. The van der Waals surface area contributed by atoms with Gasteiger partial charge in [-0.05, 0) is 49.4 Å². The summed E-state index contributed by atoms with van der Waals surface area (Å²) in [6.45, 7) is 10.5. The lowest BCUT2D eigenvalue weighted by Crippen LogP contribution is -2.52. The fourth-order valence-corrected chi connectivity index (χ4v) is 4.66. The number of Topliss-reactive ketones (excluding diaryl/α,β-unsaturated/α-hetero) is 1. The van der Waals surface area contributed by atoms with Gasteiger partial charge < -0.3 is 4.43 Å². The first-order valence-electron chi connectivity index (χ1n) is 8.30. The fourth-order valence-electron chi connectivity index (χ4n) is 3.37. The molecule has 0 aromatic heterocycles. The molecule has 2 nitrogen and oxygen atoms in total. The summed E-state index contributed by atoms with van der Waals surface area (Å²) >= 11 is 0. The van der Waals surface area contributed by atoms with Crippen LogP contribution in [0.15, 0.2) is 11.6 Å². The van der Waals surface area contributed by atoms with Crippen molar-refractivity contribution in [3.05, 3.63) is 11.6 Å². The number of alkyl halides is 3. The van der Waals surface area contributed by atoms with Gasteiger partial charge in [-0.3, -0.25) is 4.79 Å². The number of halogens is 3. The minimum atomic E-state index is -4.50. The first-order valence-corrected chi connectivity index (χ1v) is 11.2. The largest absolute Gasteiger partial charge is 0.411 e. The Kier molecular flexibility index (Phi) is 4.66. The number of hydrogen-bond acceptors (Lipinski definition) is 2. The molecule has 0 amide bonds. The van der Waals surface area contributed by atoms with Crippen molar-refractivity contribution in [2.45, 2.75) is 83.3 Å². The van der Waals surface area contributed by atoms with Crippen LogP contribution >= 0.6 is 0 Å². The molecule has 1 saturated carbocycles. The number of fused-ring (bicyclic) bond motifs is 1. The number of hydrogen-bond donors (Lipinski definition) is 0. The smallest absolute Gasteiger partial charge is 0.404 e. The quantitative estimate of drug-likeness (QED) is 0.493. The summed E-state index contributed by atoms with van der Waals surface area (Å²) < 4.78 is 47.3. The summed E-state index contributed by atoms with van der Waals surface area (Å²) in [5.41, 5.74) is -1.99. The van der Waals surface area contributed by atoms with Gasteiger partial charge in [-0.25, -0.2) is 0 Å². The molecule has 0 radical (unpaired) electrons. The molecule has 0 heterocycles. The molecule has 0 aromatic carbocycles. The van der Waals surface area contributed by atoms with Gasteiger partial charge in [0.15, 0.2) is 14.1 Å². The highest BCUT2D eigenvalue weighted by Crippen LogP contribution is 2.55. The Bertz CT molecular complexity index is 517. The fraction of sp³-hybridized carbons (Fsp3) is 0.824. The van der Waals surface area contributed by atoms with E-state index in [9.17, 15) is 18.0 Å². The summed E-state index contributed by atoms with van der Waals surface area (Å²) in [6.07, 6.45) is -2.19. The second-order valence-corrected chi connectivity index (χ2v) is 13.1. The van der Waals surface area contributed by atoms with Gasteiger partial charge >= 0.3 is 6.18 Å². The van der Waals surface area contributed by atoms with Gasteiger partial charge in [0.25, 0.3) is 0 Å². The molecule has 0 N–H and O–H groups in total. The molecule has 1 fully saturated rings. The van der Waals surface area contributed by atoms with Crippen LogP contribution in [-0.2, 0) is 9.22 Å². The standard InChI is InChI=1S/C17H27F3O2Si/c1-15(2,3)23(4,5)22-13-9-10-16(17(18,19)20)12(11-13)7-6-8-14(16)21/h11,13H,6-10H2,1-5H3/t13-,16+/m0/s1. The molecule has 0 aromatic rings. The summed E-state index contributed by atoms with van der Waals surface area (Å²) in [5.74, 6) is -0.659. The van der Waals surface area contributed by atoms with Crippen molar-refractivity contribution < 1.29 is 22.4 Å². The zero-order chi connectivity index (χ0) is 17.7. The average molecular weight is 348 g/mol. The third-order valence-corrected chi connectivity index (χ3v) is 10.3. The maximum Gasteiger partial charge on any atom is 0.404 e. The summed E-state index contributed by atoms with van der Waals surface area (Å²) in [5, 5.41) is 0.00640. The van der Waals surface area contributed by atoms with Crippen molar-refractivity contribution in [3.63, 3.8) is 0 Å². The van der Waals surface area contributed by atoms with Gasteiger partial charge in [0.1, 0.15) is 5.41 Å². The van der Waals surface area contributed by atoms with Crippen LogP contribution in [0.4, 0.5) is 13.2 Å². The molecule has 0 bridgehead atoms. The Labute approximate surface area is 137 Å². The monoisotopic (exact) mass is 348 g/mol. The Balaban J connectivity index is 2.32. The molecule has 0 aliphatic heterocycles. The number of allylic oxidation sites excluding steroid dienone is 1. The molecular formula is C17H27F3O2Si. The maximum absolute atomic E-state index is 13.7. The van der Waals surface area contributed by atoms with Crippen molar-refractivity contribution in [1.82, 2.24) is 0 Å². The van der Waals surface area contributed by atoms with Crippen LogP contribution < -0.4 is 0 Å². The summed E-state index contributed by atoms with van der Waals surface area (Å²) in [7, 11) is -2.05. The van der Waals surface area contributed by atoms with E-state index in [2.05, 4.69) is 33.9 Å². The van der Waals surface area contributed by atoms with Crippen LogP contribution in [-0.4, -0.2) is 26.4 Å². The topological polar surface area (TPSA) is 26.3 Å². The predicted molar refractivity (Wildman–Crippen MR) is 86.7 cm³/mol. The third-order valence-electron chi connectivity index (χ3n) is 5.80. The van der Waals surface area contributed by atoms with Crippen molar-refractivity contribution in [3.8, 4) is 0 Å². The van der Waals surface area contributed by atoms with Crippen LogP contribution in [0.3, 0.4) is 0 Å². The number of carbonyl (C=O) groups is 1. The highest BCUT2D eigenvalue weighted by atomic mass is 28.4. The van der Waals surface area contributed by atoms with Gasteiger partial charge in [-0.1, -0.05) is 26.8 Å². The zero-order valence-corrected chi connectivity index (χ0v) is 15.6. The van der Waals surface area contributed by atoms with E-state index in [-0.39, 0.29) is 36.0 Å². The van der Waals surface area contributed by atoms with E-state index < -0.39 is 25.7 Å². The van der Waals surface area contributed by atoms with E-state index in [1.807, 2.05) is 0 Å². The van der Waals surface area contributed by atoms with Gasteiger partial charge in [-0.15, -0.1) is 0 Å². The van der Waals surface area contributed by atoms with Crippen molar-refractivity contribution >= 4 is 14.1 Å². The predicted octanol–water partition coefficient (Wildman–Crippen LogP) is 5.40. The lowest BCUT2D eigenvalue weighted by molar-refractivity contribution is -0.216. The van der Waals surface area contributed by atoms with E-state index in [1.54, 1.807) is 6.08 Å². The molecule has 2 aliphatic carbocycles. The maximum atomic E-state index is 13.7. The highest BCUT2D eigenvalue weighted by molar-refractivity contribution is 6.74. The lowest BCUT2D eigenvalue weighted by Gasteiger charge is -2.46. The normalized spacial score (nSPS) is 30.0. The summed E-state index contributed by atoms with van der Waals surface area (Å²) in [4.78, 5) is 12.2. The van der Waals surface area contributed by atoms with Crippen LogP contribution in [0.1, 0.15) is 52.9 Å². The zero-order valence-electron chi connectivity index (χ0n) is 14.6. The SMILES string of the molecule is CC(C)(C)[Si](C)(C)O[C@@H]1C=C2CCCC(=O)[C@@]2(C(F)(F)F)CC1. The van der Waals surface area contributed by atoms with Crippen LogP contribution in [0.2, 0.25) is 18.1 Å². The third kappa shape index (κ3) is 3.16. The van der Waals surface area contributed by atoms with Gasteiger partial charge in [0, 0.05) is 6.42 Å². The molecule has 132 valence electrons. The molecule has 2 rings (SSSR count). The van der Waals surface area contributed by atoms with E-state index in [0.29, 0.717) is 12.8 Å². The van der Waals surface area contributed by atoms with Crippen molar-refractivity contribution in [2.75, 3.05) is 0 Å². The molecule has 23 heavy (non-hydrogen) atoms. The highest BCUT2D eigenvalue weighted by Gasteiger charge is 2.63. The van der Waals surface area contributed by atoms with Gasteiger partial charge in [-0.2, -0.15) is 13.2 Å². The molecule has 0 unspecified atom stereocenters. The first kappa shape index (κ1) is 18.7. The minimum Gasteiger partial charge on any atom is -0.411 e. The molecule has 2 atom stereocenters.